The number of hydrogen-bond acceptors (Lipinski definition) is 4. The van der Waals surface area contributed by atoms with E-state index in [0.717, 1.165) is 6.29 Å². The molecule has 1 N–H and O–H groups in total. The predicted octanol–water partition coefficient (Wildman–Crippen LogP) is 0.624. The number of ether oxygens (including phenoxy) is 2. The van der Waals surface area contributed by atoms with E-state index in [0.29, 0.717) is 38.9 Å². The van der Waals surface area contributed by atoms with Crippen LogP contribution in [0.3, 0.4) is 0 Å². The highest BCUT2D eigenvalue weighted by atomic mass is 16.7. The Morgan fingerprint density at radius 2 is 1.71 bits per heavy atom. The van der Waals surface area contributed by atoms with Crippen LogP contribution < -0.4 is 0 Å². The molecule has 2 rings (SSSR count). The number of carbonyl (C=O) groups is 1. The first kappa shape index (κ1) is 10.1. The first-order valence-corrected chi connectivity index (χ1v) is 5.12. The van der Waals surface area contributed by atoms with Crippen molar-refractivity contribution in [3.8, 4) is 0 Å². The first-order chi connectivity index (χ1) is 6.68. The van der Waals surface area contributed by atoms with Gasteiger partial charge in [-0.25, -0.2) is 0 Å². The molecule has 1 spiro atoms. The SMILES string of the molecule is O=CCC1(O)CCC2(CC1)OCCO2. The quantitative estimate of drug-likeness (QED) is 0.664. The van der Waals surface area contributed by atoms with Crippen LogP contribution in [0.2, 0.25) is 0 Å². The van der Waals surface area contributed by atoms with Crippen molar-refractivity contribution in [2.75, 3.05) is 13.2 Å². The van der Waals surface area contributed by atoms with Crippen LogP contribution in [0.25, 0.3) is 0 Å². The topological polar surface area (TPSA) is 55.8 Å². The van der Waals surface area contributed by atoms with E-state index in [1.54, 1.807) is 0 Å². The van der Waals surface area contributed by atoms with Crippen molar-refractivity contribution in [3.63, 3.8) is 0 Å². The Kier molecular flexibility index (Phi) is 2.60. The predicted molar refractivity (Wildman–Crippen MR) is 48.7 cm³/mol. The Morgan fingerprint density at radius 3 is 2.21 bits per heavy atom. The molecule has 1 saturated carbocycles. The van der Waals surface area contributed by atoms with Crippen LogP contribution in [-0.2, 0) is 14.3 Å². The third-order valence-electron chi connectivity index (χ3n) is 3.22. The largest absolute Gasteiger partial charge is 0.389 e. The Balaban J connectivity index is 1.93. The fraction of sp³-hybridized carbons (Fsp3) is 0.900. The summed E-state index contributed by atoms with van der Waals surface area (Å²) >= 11 is 0. The standard InChI is InChI=1S/C10H16O4/c11-6-5-9(12)1-3-10(4-2-9)13-7-8-14-10/h6,12H,1-5,7-8H2. The Morgan fingerprint density at radius 1 is 1.14 bits per heavy atom. The second kappa shape index (κ2) is 3.61. The molecule has 0 radical (unpaired) electrons. The molecule has 0 aromatic heterocycles. The molecule has 1 aliphatic carbocycles. The molecule has 14 heavy (non-hydrogen) atoms. The minimum Gasteiger partial charge on any atom is -0.389 e. The molecule has 0 amide bonds. The molecule has 2 fully saturated rings. The summed E-state index contributed by atoms with van der Waals surface area (Å²) in [5.74, 6) is -0.449. The maximum absolute atomic E-state index is 10.4. The van der Waals surface area contributed by atoms with Crippen LogP contribution in [0.15, 0.2) is 0 Å². The van der Waals surface area contributed by atoms with Crippen molar-refractivity contribution in [2.45, 2.75) is 43.5 Å². The molecule has 0 aromatic rings. The van der Waals surface area contributed by atoms with Gasteiger partial charge in [-0.1, -0.05) is 0 Å². The van der Waals surface area contributed by atoms with Gasteiger partial charge in [0.05, 0.1) is 18.8 Å². The van der Waals surface area contributed by atoms with E-state index >= 15 is 0 Å². The van der Waals surface area contributed by atoms with Gasteiger partial charge in [0.2, 0.25) is 0 Å². The molecular weight excluding hydrogens is 184 g/mol. The Hall–Kier alpha value is -0.450. The first-order valence-electron chi connectivity index (χ1n) is 5.12. The maximum Gasteiger partial charge on any atom is 0.168 e. The Labute approximate surface area is 83.2 Å². The van der Waals surface area contributed by atoms with E-state index < -0.39 is 11.4 Å². The normalized spacial score (nSPS) is 29.2. The van der Waals surface area contributed by atoms with Crippen LogP contribution in [0.5, 0.6) is 0 Å². The zero-order valence-electron chi connectivity index (χ0n) is 8.20. The van der Waals surface area contributed by atoms with E-state index in [-0.39, 0.29) is 6.42 Å². The molecule has 2 aliphatic rings. The van der Waals surface area contributed by atoms with Crippen LogP contribution >= 0.6 is 0 Å². The van der Waals surface area contributed by atoms with Crippen LogP contribution in [0.4, 0.5) is 0 Å². The lowest BCUT2D eigenvalue weighted by Gasteiger charge is -2.39. The molecule has 0 atom stereocenters. The van der Waals surface area contributed by atoms with Crippen LogP contribution in [0.1, 0.15) is 32.1 Å². The summed E-state index contributed by atoms with van der Waals surface area (Å²) in [6.45, 7) is 1.29. The van der Waals surface area contributed by atoms with Crippen molar-refractivity contribution >= 4 is 6.29 Å². The van der Waals surface area contributed by atoms with Gasteiger partial charge in [0.1, 0.15) is 6.29 Å². The van der Waals surface area contributed by atoms with Gasteiger partial charge in [-0.2, -0.15) is 0 Å². The summed E-state index contributed by atoms with van der Waals surface area (Å²) in [6.07, 6.45) is 3.57. The molecule has 1 heterocycles. The van der Waals surface area contributed by atoms with Gasteiger partial charge in [0.15, 0.2) is 5.79 Å². The van der Waals surface area contributed by atoms with E-state index in [9.17, 15) is 9.90 Å². The van der Waals surface area contributed by atoms with Gasteiger partial charge in [0.25, 0.3) is 0 Å². The van der Waals surface area contributed by atoms with Gasteiger partial charge in [-0.3, -0.25) is 0 Å². The van der Waals surface area contributed by atoms with E-state index in [4.69, 9.17) is 9.47 Å². The number of carbonyl (C=O) groups excluding carboxylic acids is 1. The summed E-state index contributed by atoms with van der Waals surface area (Å²) in [7, 11) is 0. The van der Waals surface area contributed by atoms with Crippen molar-refractivity contribution in [3.05, 3.63) is 0 Å². The number of hydrogen-bond donors (Lipinski definition) is 1. The van der Waals surface area contributed by atoms with Crippen LogP contribution in [0, 0.1) is 0 Å². The summed E-state index contributed by atoms with van der Waals surface area (Å²) in [4.78, 5) is 10.4. The molecule has 1 aliphatic heterocycles. The van der Waals surface area contributed by atoms with Gasteiger partial charge >= 0.3 is 0 Å². The fourth-order valence-electron chi connectivity index (χ4n) is 2.24. The highest BCUT2D eigenvalue weighted by Gasteiger charge is 2.45. The molecule has 0 bridgehead atoms. The van der Waals surface area contributed by atoms with Crippen molar-refractivity contribution in [1.82, 2.24) is 0 Å². The number of rotatable bonds is 2. The van der Waals surface area contributed by atoms with Gasteiger partial charge in [0, 0.05) is 19.3 Å². The molecule has 0 unspecified atom stereocenters. The van der Waals surface area contributed by atoms with Crippen molar-refractivity contribution < 1.29 is 19.4 Å². The van der Waals surface area contributed by atoms with E-state index in [2.05, 4.69) is 0 Å². The molecule has 0 aromatic carbocycles. The zero-order chi connectivity index (χ0) is 10.1. The lowest BCUT2D eigenvalue weighted by molar-refractivity contribution is -0.202. The second-order valence-electron chi connectivity index (χ2n) is 4.20. The average Bonchev–Trinajstić information content (AvgIpc) is 2.61. The smallest absolute Gasteiger partial charge is 0.168 e. The summed E-state index contributed by atoms with van der Waals surface area (Å²) in [5.41, 5.74) is -0.817. The zero-order valence-corrected chi connectivity index (χ0v) is 8.20. The third-order valence-corrected chi connectivity index (χ3v) is 3.22. The fourth-order valence-corrected chi connectivity index (χ4v) is 2.24. The molecule has 4 nitrogen and oxygen atoms in total. The van der Waals surface area contributed by atoms with Gasteiger partial charge < -0.3 is 19.4 Å². The van der Waals surface area contributed by atoms with Gasteiger partial charge in [-0.05, 0) is 12.8 Å². The van der Waals surface area contributed by atoms with E-state index in [1.807, 2.05) is 0 Å². The third kappa shape index (κ3) is 1.82. The van der Waals surface area contributed by atoms with Crippen LogP contribution in [-0.4, -0.2) is 36.0 Å². The highest BCUT2D eigenvalue weighted by Crippen LogP contribution is 2.41. The molecule has 4 heteroatoms. The minimum absolute atomic E-state index is 0.225. The minimum atomic E-state index is -0.817. The number of aliphatic hydroxyl groups is 1. The van der Waals surface area contributed by atoms with Crippen molar-refractivity contribution in [2.24, 2.45) is 0 Å². The van der Waals surface area contributed by atoms with Crippen molar-refractivity contribution in [1.29, 1.82) is 0 Å². The molecular formula is C10H16O4. The maximum atomic E-state index is 10.4. The molecule has 80 valence electrons. The summed E-state index contributed by atoms with van der Waals surface area (Å²) in [5, 5.41) is 9.97. The summed E-state index contributed by atoms with van der Waals surface area (Å²) < 4.78 is 11.1. The van der Waals surface area contributed by atoms with E-state index in [1.165, 1.54) is 0 Å². The monoisotopic (exact) mass is 200 g/mol. The highest BCUT2D eigenvalue weighted by molar-refractivity contribution is 5.51. The number of aldehydes is 1. The molecule has 1 saturated heterocycles. The summed E-state index contributed by atoms with van der Waals surface area (Å²) in [6, 6.07) is 0. The Bertz CT molecular complexity index is 210. The lowest BCUT2D eigenvalue weighted by Crippen LogP contribution is -2.43. The van der Waals surface area contributed by atoms with Gasteiger partial charge in [-0.15, -0.1) is 0 Å². The lowest BCUT2D eigenvalue weighted by atomic mass is 9.80. The average molecular weight is 200 g/mol. The second-order valence-corrected chi connectivity index (χ2v) is 4.20.